The van der Waals surface area contributed by atoms with Gasteiger partial charge in [0.1, 0.15) is 29.5 Å². The number of benzene rings is 3. The number of aliphatic hydroxyl groups is 1. The zero-order valence-corrected chi connectivity index (χ0v) is 33.4. The molecule has 7 rings (SSSR count). The number of aliphatic imine (C=N–C) groups is 1. The van der Waals surface area contributed by atoms with Crippen LogP contribution in [0.4, 0.5) is 0 Å². The first-order valence-corrected chi connectivity index (χ1v) is 21.0. The molecule has 3 aromatic rings. The Bertz CT molecular complexity index is 1860. The molecule has 0 radical (unpaired) electrons. The number of fused-ring (bicyclic) bond motifs is 5. The summed E-state index contributed by atoms with van der Waals surface area (Å²) in [6.07, 6.45) is 13.7. The van der Waals surface area contributed by atoms with Crippen LogP contribution in [0.2, 0.25) is 0 Å². The first-order valence-electron chi connectivity index (χ1n) is 21.0. The summed E-state index contributed by atoms with van der Waals surface area (Å²) in [6.45, 7) is 7.12. The number of methoxy groups -OCH3 is 1. The van der Waals surface area contributed by atoms with Gasteiger partial charge >= 0.3 is 0 Å². The molecule has 0 amide bonds. The van der Waals surface area contributed by atoms with Gasteiger partial charge in [0.15, 0.2) is 17.5 Å². The molecule has 7 N–H and O–H groups in total. The van der Waals surface area contributed by atoms with E-state index in [1.54, 1.807) is 13.2 Å². The van der Waals surface area contributed by atoms with Gasteiger partial charge in [-0.1, -0.05) is 58.9 Å². The van der Waals surface area contributed by atoms with E-state index in [1.807, 2.05) is 24.3 Å². The van der Waals surface area contributed by atoms with E-state index in [9.17, 15) is 15.3 Å². The number of nitrogens with zero attached hydrogens (tertiary/aromatic N) is 1. The first kappa shape index (κ1) is 39.1. The minimum absolute atomic E-state index is 0.0774. The second-order valence-corrected chi connectivity index (χ2v) is 17.3. The van der Waals surface area contributed by atoms with Crippen molar-refractivity contribution in [1.29, 1.82) is 0 Å². The zero-order chi connectivity index (χ0) is 38.9. The van der Waals surface area contributed by atoms with E-state index in [0.717, 1.165) is 103 Å². The third-order valence-corrected chi connectivity index (χ3v) is 13.2. The van der Waals surface area contributed by atoms with E-state index >= 15 is 0 Å². The summed E-state index contributed by atoms with van der Waals surface area (Å²) in [5, 5.41) is 34.2. The lowest BCUT2D eigenvalue weighted by atomic mass is 9.62. The first-order chi connectivity index (χ1) is 26.5. The summed E-state index contributed by atoms with van der Waals surface area (Å²) in [4.78, 5) is 4.33. The van der Waals surface area contributed by atoms with Crippen LogP contribution in [0.1, 0.15) is 138 Å². The molecule has 55 heavy (non-hydrogen) atoms. The van der Waals surface area contributed by atoms with Crippen LogP contribution in [0, 0.1) is 17.3 Å². The molecule has 9 nitrogen and oxygen atoms in total. The quantitative estimate of drug-likeness (QED) is 0.0659. The van der Waals surface area contributed by atoms with Crippen molar-refractivity contribution in [2.45, 2.75) is 141 Å². The Kier molecular flexibility index (Phi) is 11.8. The Morgan fingerprint density at radius 1 is 0.964 bits per heavy atom. The SMILES string of the molecule is CCCCCC1Cc2cc(O)c(CC(C)C)cc2-c2c(OC)cc3c(c21)CC(O)C(c1ccc(O)c(OC2CCCC4(CCCC4)C2CCN=C(N)N)c1)O3. The van der Waals surface area contributed by atoms with Crippen molar-refractivity contribution in [2.24, 2.45) is 33.7 Å². The van der Waals surface area contributed by atoms with Gasteiger partial charge in [-0.25, -0.2) is 0 Å². The minimum Gasteiger partial charge on any atom is -0.508 e. The largest absolute Gasteiger partial charge is 0.508 e. The van der Waals surface area contributed by atoms with E-state index in [4.69, 9.17) is 25.7 Å². The van der Waals surface area contributed by atoms with Gasteiger partial charge in [0, 0.05) is 36.1 Å². The second kappa shape index (κ2) is 16.5. The molecule has 0 aromatic heterocycles. The monoisotopic (exact) mass is 753 g/mol. The highest BCUT2D eigenvalue weighted by atomic mass is 16.5. The van der Waals surface area contributed by atoms with Gasteiger partial charge < -0.3 is 41.0 Å². The number of phenols is 2. The average molecular weight is 754 g/mol. The van der Waals surface area contributed by atoms with Gasteiger partial charge in [-0.3, -0.25) is 4.99 Å². The lowest BCUT2D eigenvalue weighted by Crippen LogP contribution is -2.44. The van der Waals surface area contributed by atoms with Gasteiger partial charge in [0.25, 0.3) is 0 Å². The molecule has 3 aliphatic carbocycles. The molecule has 1 aliphatic heterocycles. The lowest BCUT2D eigenvalue weighted by molar-refractivity contribution is -0.0148. The number of hydrogen-bond donors (Lipinski definition) is 5. The van der Waals surface area contributed by atoms with Crippen molar-refractivity contribution in [3.05, 3.63) is 64.2 Å². The molecule has 298 valence electrons. The molecule has 2 fully saturated rings. The number of hydrogen-bond acceptors (Lipinski definition) is 7. The second-order valence-electron chi connectivity index (χ2n) is 17.3. The maximum atomic E-state index is 12.0. The van der Waals surface area contributed by atoms with Crippen molar-refractivity contribution in [3.8, 4) is 39.9 Å². The normalized spacial score (nSPS) is 23.8. The minimum atomic E-state index is -0.819. The summed E-state index contributed by atoms with van der Waals surface area (Å²) in [6, 6.07) is 11.5. The Balaban J connectivity index is 1.22. The summed E-state index contributed by atoms with van der Waals surface area (Å²) in [7, 11) is 1.71. The van der Waals surface area contributed by atoms with Crippen LogP contribution in [0.3, 0.4) is 0 Å². The van der Waals surface area contributed by atoms with Gasteiger partial charge in [-0.05, 0) is 127 Å². The molecule has 1 heterocycles. The van der Waals surface area contributed by atoms with Crippen molar-refractivity contribution < 1.29 is 29.5 Å². The number of ether oxygens (including phenoxy) is 3. The number of aromatic hydroxyl groups is 2. The zero-order valence-electron chi connectivity index (χ0n) is 33.4. The third-order valence-electron chi connectivity index (χ3n) is 13.2. The number of rotatable bonds is 13. The summed E-state index contributed by atoms with van der Waals surface area (Å²) < 4.78 is 19.8. The van der Waals surface area contributed by atoms with Crippen LogP contribution >= 0.6 is 0 Å². The van der Waals surface area contributed by atoms with E-state index in [2.05, 4.69) is 31.8 Å². The molecule has 2 saturated carbocycles. The highest BCUT2D eigenvalue weighted by Crippen LogP contribution is 2.56. The molecule has 0 bridgehead atoms. The van der Waals surface area contributed by atoms with Gasteiger partial charge in [-0.2, -0.15) is 0 Å². The molecule has 0 saturated heterocycles. The lowest BCUT2D eigenvalue weighted by Gasteiger charge is -2.46. The van der Waals surface area contributed by atoms with Crippen LogP contribution in [0.25, 0.3) is 11.1 Å². The van der Waals surface area contributed by atoms with E-state index in [-0.39, 0.29) is 35.1 Å². The van der Waals surface area contributed by atoms with Gasteiger partial charge in [-0.15, -0.1) is 0 Å². The van der Waals surface area contributed by atoms with Gasteiger partial charge in [0.2, 0.25) is 0 Å². The molecule has 1 spiro atoms. The average Bonchev–Trinajstić information content (AvgIpc) is 3.62. The van der Waals surface area contributed by atoms with Crippen molar-refractivity contribution >= 4 is 5.96 Å². The molecule has 5 unspecified atom stereocenters. The fraction of sp³-hybridized carbons (Fsp3) is 0.587. The third kappa shape index (κ3) is 7.96. The van der Waals surface area contributed by atoms with Crippen LogP contribution in [0.15, 0.2) is 41.4 Å². The van der Waals surface area contributed by atoms with E-state index in [1.165, 1.54) is 37.7 Å². The molecule has 9 heteroatoms. The van der Waals surface area contributed by atoms with Crippen molar-refractivity contribution in [3.63, 3.8) is 0 Å². The fourth-order valence-electron chi connectivity index (χ4n) is 10.7. The Morgan fingerprint density at radius 3 is 2.47 bits per heavy atom. The number of guanidine groups is 1. The van der Waals surface area contributed by atoms with Crippen LogP contribution in [-0.4, -0.2) is 47.1 Å². The summed E-state index contributed by atoms with van der Waals surface area (Å²) in [5.74, 6) is 3.31. The Morgan fingerprint density at radius 2 is 1.75 bits per heavy atom. The summed E-state index contributed by atoms with van der Waals surface area (Å²) in [5.41, 5.74) is 18.9. The maximum absolute atomic E-state index is 12.0. The molecular weight excluding hydrogens is 691 g/mol. The Labute approximate surface area is 327 Å². The van der Waals surface area contributed by atoms with E-state index < -0.39 is 12.2 Å². The standard InChI is InChI=1S/C46H63N3O6/c1-5-6-7-11-28-21-30-23-36(51)31(20-27(2)3)22-32(30)43-41(53-4)26-39-33(42(28)43)25-37(52)44(55-39)29-13-14-35(50)40(24-29)54-38-12-10-18-46(16-8-9-17-46)34(38)15-19-49-45(47)48/h13-14,22-24,26-28,34,37-38,44,50-52H,5-12,15-21,25H2,1-4H3,(H4,47,48,49). The van der Waals surface area contributed by atoms with Crippen molar-refractivity contribution in [1.82, 2.24) is 0 Å². The molecule has 4 aliphatic rings. The molecule has 5 atom stereocenters. The summed E-state index contributed by atoms with van der Waals surface area (Å²) >= 11 is 0. The fourth-order valence-corrected chi connectivity index (χ4v) is 10.7. The number of nitrogens with two attached hydrogens (primary N) is 2. The van der Waals surface area contributed by atoms with E-state index in [0.29, 0.717) is 30.4 Å². The smallest absolute Gasteiger partial charge is 0.185 e. The van der Waals surface area contributed by atoms with Gasteiger partial charge in [0.05, 0.1) is 13.2 Å². The molecular formula is C46H63N3O6. The van der Waals surface area contributed by atoms with Crippen LogP contribution in [-0.2, 0) is 19.3 Å². The highest BCUT2D eigenvalue weighted by molar-refractivity contribution is 5.83. The Hall–Kier alpha value is -4.11. The van der Waals surface area contributed by atoms with Crippen LogP contribution in [0.5, 0.6) is 28.7 Å². The van der Waals surface area contributed by atoms with Crippen molar-refractivity contribution in [2.75, 3.05) is 13.7 Å². The topological polar surface area (TPSA) is 153 Å². The van der Waals surface area contributed by atoms with Crippen LogP contribution < -0.4 is 25.7 Å². The maximum Gasteiger partial charge on any atom is 0.185 e. The highest BCUT2D eigenvalue weighted by Gasteiger charge is 2.48. The number of unbranched alkanes of at least 4 members (excludes halogenated alkanes) is 2. The predicted octanol–water partition coefficient (Wildman–Crippen LogP) is 9.00. The number of phenolic OH excluding ortho intramolecular Hbond substituents is 2. The number of aliphatic hydroxyl groups excluding tert-OH is 1. The molecule has 3 aromatic carbocycles. The predicted molar refractivity (Wildman–Crippen MR) is 218 cm³/mol.